The lowest BCUT2D eigenvalue weighted by Crippen LogP contribution is -2.17. The monoisotopic (exact) mass is 222 g/mol. The third-order valence-electron chi connectivity index (χ3n) is 2.34. The van der Waals surface area contributed by atoms with Gasteiger partial charge in [0, 0.05) is 18.3 Å². The smallest absolute Gasteiger partial charge is 0.129 e. The third kappa shape index (κ3) is 4.57. The Balaban J connectivity index is 2.38. The Kier molecular flexibility index (Phi) is 5.78. The quantitative estimate of drug-likeness (QED) is 0.690. The summed E-state index contributed by atoms with van der Waals surface area (Å²) in [6.07, 6.45) is 2.06. The highest BCUT2D eigenvalue weighted by Crippen LogP contribution is 2.06. The molecular formula is C12H22N4. The van der Waals surface area contributed by atoms with Crippen molar-refractivity contribution < 1.29 is 0 Å². The molecule has 0 radical (unpaired) electrons. The minimum absolute atomic E-state index is 0.841. The Bertz CT molecular complexity index is 312. The van der Waals surface area contributed by atoms with Gasteiger partial charge in [-0.1, -0.05) is 13.8 Å². The molecule has 1 aromatic heterocycles. The molecule has 1 aromatic rings. The number of aryl methyl sites for hydroxylation is 2. The molecule has 0 saturated heterocycles. The van der Waals surface area contributed by atoms with Crippen molar-refractivity contribution >= 4 is 5.82 Å². The maximum absolute atomic E-state index is 4.36. The third-order valence-corrected chi connectivity index (χ3v) is 2.34. The predicted octanol–water partition coefficient (Wildman–Crippen LogP) is 1.76. The van der Waals surface area contributed by atoms with Crippen LogP contribution in [-0.2, 0) is 6.42 Å². The summed E-state index contributed by atoms with van der Waals surface area (Å²) in [5.41, 5.74) is 1.10. The van der Waals surface area contributed by atoms with Crippen molar-refractivity contribution in [2.24, 2.45) is 0 Å². The van der Waals surface area contributed by atoms with Gasteiger partial charge in [-0.05, 0) is 32.9 Å². The molecule has 0 saturated carbocycles. The van der Waals surface area contributed by atoms with E-state index in [1.54, 1.807) is 0 Å². The first-order valence-electron chi connectivity index (χ1n) is 6.05. The van der Waals surface area contributed by atoms with Crippen molar-refractivity contribution in [3.63, 3.8) is 0 Å². The van der Waals surface area contributed by atoms with Gasteiger partial charge in [0.05, 0.1) is 0 Å². The molecule has 0 aromatic carbocycles. The number of aromatic nitrogens is 2. The summed E-state index contributed by atoms with van der Waals surface area (Å²) in [5.74, 6) is 1.79. The van der Waals surface area contributed by atoms with E-state index in [9.17, 15) is 0 Å². The first-order valence-corrected chi connectivity index (χ1v) is 6.05. The van der Waals surface area contributed by atoms with Crippen molar-refractivity contribution in [3.8, 4) is 0 Å². The van der Waals surface area contributed by atoms with E-state index >= 15 is 0 Å². The normalized spacial score (nSPS) is 10.4. The second kappa shape index (κ2) is 7.17. The van der Waals surface area contributed by atoms with E-state index in [1.165, 1.54) is 0 Å². The maximum Gasteiger partial charge on any atom is 0.129 e. The average molecular weight is 222 g/mol. The molecule has 4 nitrogen and oxygen atoms in total. The Hall–Kier alpha value is -1.16. The van der Waals surface area contributed by atoms with E-state index in [-0.39, 0.29) is 0 Å². The minimum atomic E-state index is 0.841. The Morgan fingerprint density at radius 1 is 1.19 bits per heavy atom. The minimum Gasteiger partial charge on any atom is -0.370 e. The Morgan fingerprint density at radius 3 is 2.69 bits per heavy atom. The zero-order valence-corrected chi connectivity index (χ0v) is 10.5. The van der Waals surface area contributed by atoms with Crippen molar-refractivity contribution in [2.75, 3.05) is 25.0 Å². The maximum atomic E-state index is 4.36. The summed E-state index contributed by atoms with van der Waals surface area (Å²) in [4.78, 5) is 8.70. The molecule has 0 atom stereocenters. The number of hydrogen-bond donors (Lipinski definition) is 2. The van der Waals surface area contributed by atoms with E-state index in [4.69, 9.17) is 0 Å². The number of nitrogens with zero attached hydrogens (tertiary/aromatic N) is 2. The molecule has 0 bridgehead atoms. The molecule has 0 amide bonds. The van der Waals surface area contributed by atoms with Crippen LogP contribution in [0.3, 0.4) is 0 Å². The fraction of sp³-hybridized carbons (Fsp3) is 0.667. The first kappa shape index (κ1) is 12.9. The molecule has 90 valence electrons. The zero-order chi connectivity index (χ0) is 11.8. The van der Waals surface area contributed by atoms with Crippen LogP contribution < -0.4 is 10.6 Å². The molecule has 0 aliphatic carbocycles. The Morgan fingerprint density at radius 2 is 2.00 bits per heavy atom. The SMILES string of the molecule is CCNCCCNc1cc(CC)nc(C)n1. The fourth-order valence-electron chi connectivity index (χ4n) is 1.51. The van der Waals surface area contributed by atoms with Crippen molar-refractivity contribution in [1.82, 2.24) is 15.3 Å². The molecule has 16 heavy (non-hydrogen) atoms. The van der Waals surface area contributed by atoms with Crippen LogP contribution in [0.4, 0.5) is 5.82 Å². The van der Waals surface area contributed by atoms with Gasteiger partial charge in [-0.2, -0.15) is 0 Å². The summed E-state index contributed by atoms with van der Waals surface area (Å²) in [7, 11) is 0. The van der Waals surface area contributed by atoms with E-state index in [1.807, 2.05) is 13.0 Å². The molecule has 1 heterocycles. The van der Waals surface area contributed by atoms with E-state index in [2.05, 4.69) is 34.4 Å². The van der Waals surface area contributed by atoms with Crippen molar-refractivity contribution in [2.45, 2.75) is 33.6 Å². The molecule has 2 N–H and O–H groups in total. The van der Waals surface area contributed by atoms with Gasteiger partial charge in [-0.25, -0.2) is 9.97 Å². The lowest BCUT2D eigenvalue weighted by Gasteiger charge is -2.07. The molecular weight excluding hydrogens is 200 g/mol. The van der Waals surface area contributed by atoms with Crippen LogP contribution in [0.25, 0.3) is 0 Å². The zero-order valence-electron chi connectivity index (χ0n) is 10.5. The lowest BCUT2D eigenvalue weighted by atomic mass is 10.3. The van der Waals surface area contributed by atoms with Crippen LogP contribution in [0.5, 0.6) is 0 Å². The van der Waals surface area contributed by atoms with Gasteiger partial charge in [-0.15, -0.1) is 0 Å². The van der Waals surface area contributed by atoms with Gasteiger partial charge < -0.3 is 10.6 Å². The van der Waals surface area contributed by atoms with Crippen LogP contribution in [-0.4, -0.2) is 29.6 Å². The number of hydrogen-bond acceptors (Lipinski definition) is 4. The van der Waals surface area contributed by atoms with E-state index in [0.29, 0.717) is 0 Å². The van der Waals surface area contributed by atoms with Gasteiger partial charge >= 0.3 is 0 Å². The summed E-state index contributed by atoms with van der Waals surface area (Å²) >= 11 is 0. The van der Waals surface area contributed by atoms with Gasteiger partial charge in [0.1, 0.15) is 11.6 Å². The molecule has 4 heteroatoms. The molecule has 0 spiro atoms. The van der Waals surface area contributed by atoms with Gasteiger partial charge in [0.2, 0.25) is 0 Å². The highest BCUT2D eigenvalue weighted by atomic mass is 15.0. The van der Waals surface area contributed by atoms with Crippen molar-refractivity contribution in [1.29, 1.82) is 0 Å². The molecule has 0 aliphatic rings. The topological polar surface area (TPSA) is 49.8 Å². The van der Waals surface area contributed by atoms with Crippen LogP contribution in [0.15, 0.2) is 6.07 Å². The van der Waals surface area contributed by atoms with Crippen LogP contribution in [0, 0.1) is 6.92 Å². The lowest BCUT2D eigenvalue weighted by molar-refractivity contribution is 0.687. The summed E-state index contributed by atoms with van der Waals surface area (Å²) in [6, 6.07) is 2.03. The highest BCUT2D eigenvalue weighted by Gasteiger charge is 1.99. The van der Waals surface area contributed by atoms with Gasteiger partial charge in [0.15, 0.2) is 0 Å². The summed E-state index contributed by atoms with van der Waals surface area (Å²) < 4.78 is 0. The highest BCUT2D eigenvalue weighted by molar-refractivity contribution is 5.35. The number of rotatable bonds is 7. The predicted molar refractivity (Wildman–Crippen MR) is 67.8 cm³/mol. The average Bonchev–Trinajstić information content (AvgIpc) is 2.28. The Labute approximate surface area is 97.9 Å². The molecule has 0 unspecified atom stereocenters. The largest absolute Gasteiger partial charge is 0.370 e. The first-order chi connectivity index (χ1) is 7.76. The fourth-order valence-corrected chi connectivity index (χ4v) is 1.51. The second-order valence-corrected chi connectivity index (χ2v) is 3.78. The van der Waals surface area contributed by atoms with Crippen LogP contribution >= 0.6 is 0 Å². The van der Waals surface area contributed by atoms with Crippen LogP contribution in [0.2, 0.25) is 0 Å². The van der Waals surface area contributed by atoms with Gasteiger partial charge in [0.25, 0.3) is 0 Å². The molecule has 1 rings (SSSR count). The summed E-state index contributed by atoms with van der Waals surface area (Å²) in [6.45, 7) is 9.20. The summed E-state index contributed by atoms with van der Waals surface area (Å²) in [5, 5.41) is 6.62. The molecule has 0 aliphatic heterocycles. The number of nitrogens with one attached hydrogen (secondary N) is 2. The van der Waals surface area contributed by atoms with Crippen molar-refractivity contribution in [3.05, 3.63) is 17.6 Å². The van der Waals surface area contributed by atoms with Gasteiger partial charge in [-0.3, -0.25) is 0 Å². The second-order valence-electron chi connectivity index (χ2n) is 3.78. The molecule has 0 fully saturated rings. The van der Waals surface area contributed by atoms with Crippen LogP contribution in [0.1, 0.15) is 31.8 Å². The number of anilines is 1. The standard InChI is InChI=1S/C12H22N4/c1-4-11-9-12(16-10(3)15-11)14-8-6-7-13-5-2/h9,13H,4-8H2,1-3H3,(H,14,15,16). The van der Waals surface area contributed by atoms with E-state index < -0.39 is 0 Å². The van der Waals surface area contributed by atoms with E-state index in [0.717, 1.165) is 49.8 Å².